The molecule has 2 N–H and O–H groups in total. The molecular weight excluding hydrogens is 604 g/mol. The second-order valence-corrected chi connectivity index (χ2v) is 8.69. The second kappa shape index (κ2) is 21.8. The molecule has 0 aliphatic heterocycles. The number of rotatable bonds is 2. The summed E-state index contributed by atoms with van der Waals surface area (Å²) in [5, 5.41) is 9.41. The van der Waals surface area contributed by atoms with Crippen LogP contribution in [-0.2, 0) is 0 Å². The highest BCUT2D eigenvalue weighted by Crippen LogP contribution is 2.39. The van der Waals surface area contributed by atoms with E-state index < -0.39 is 0 Å². The van der Waals surface area contributed by atoms with Crippen molar-refractivity contribution >= 4 is 10.9 Å². The van der Waals surface area contributed by atoms with Gasteiger partial charge in [0.2, 0.25) is 0 Å². The molecule has 0 unspecified atom stereocenters. The van der Waals surface area contributed by atoms with E-state index in [2.05, 4.69) is 135 Å². The second-order valence-electron chi connectivity index (χ2n) is 8.69. The molecule has 3 heterocycles. The van der Waals surface area contributed by atoms with E-state index in [-0.39, 0.29) is 9.99 Å². The molecule has 0 aliphatic carbocycles. The Morgan fingerprint density at radius 2 is 1.17 bits per heavy atom. The monoisotopic (exact) mass is 642 g/mol. The molecule has 0 saturated heterocycles. The lowest BCUT2D eigenvalue weighted by atomic mass is 9.93. The predicted molar refractivity (Wildman–Crippen MR) is 201 cm³/mol. The first-order valence-electron chi connectivity index (χ1n) is 13.3. The van der Waals surface area contributed by atoms with Gasteiger partial charge >= 0.3 is 0 Å². The predicted octanol–water partition coefficient (Wildman–Crippen LogP) is 8.35. The number of benzene rings is 1. The first-order valence-corrected chi connectivity index (χ1v) is 13.3. The van der Waals surface area contributed by atoms with Gasteiger partial charge in [-0.1, -0.05) is 16.2 Å². The van der Waals surface area contributed by atoms with Crippen LogP contribution in [0.15, 0.2) is 27.4 Å². The number of aromatic nitrogens is 3. The Morgan fingerprint density at radius 3 is 1.56 bits per heavy atom. The van der Waals surface area contributed by atoms with Gasteiger partial charge in [-0.2, -0.15) is 0 Å². The molecule has 0 fully saturated rings. The maximum atomic E-state index is 7.00. The number of H-pyrrole nitrogens is 1. The third-order valence-corrected chi connectivity index (χ3v) is 5.67. The highest BCUT2D eigenvalue weighted by atomic mass is 16.7. The molecule has 1 aromatic carbocycles. The van der Waals surface area contributed by atoms with Crippen LogP contribution in [0.5, 0.6) is 0 Å². The summed E-state index contributed by atoms with van der Waals surface area (Å²) < 4.78 is 10.8. The van der Waals surface area contributed by atoms with Crippen molar-refractivity contribution in [2.45, 2.75) is 41.5 Å². The topological polar surface area (TPSA) is 162 Å². The van der Waals surface area contributed by atoms with Gasteiger partial charge in [0.25, 0.3) is 0 Å². The van der Waals surface area contributed by atoms with Crippen molar-refractivity contribution in [3.05, 3.63) is 67.2 Å². The van der Waals surface area contributed by atoms with Crippen molar-refractivity contribution in [2.24, 2.45) is 0 Å². The molecule has 0 atom stereocenters. The van der Waals surface area contributed by atoms with E-state index in [1.165, 1.54) is 10.9 Å². The normalized spacial score (nSPS) is 7.52. The van der Waals surface area contributed by atoms with Crippen LogP contribution in [0.4, 0.5) is 0 Å². The van der Waals surface area contributed by atoms with E-state index in [0.717, 1.165) is 50.7 Å². The van der Waals surface area contributed by atoms with Crippen molar-refractivity contribution in [3.63, 3.8) is 0 Å². The summed E-state index contributed by atoms with van der Waals surface area (Å²) >= 11 is 0. The lowest BCUT2D eigenvalue weighted by Crippen LogP contribution is -1.89. The summed E-state index contributed by atoms with van der Waals surface area (Å²) in [5.74, 6) is 43.6. The quantitative estimate of drug-likeness (QED) is 0.0966. The van der Waals surface area contributed by atoms with Gasteiger partial charge in [0.15, 0.2) is 0 Å². The Balaban J connectivity index is -0.000000137. The Kier molecular flexibility index (Phi) is 17.3. The highest BCUT2D eigenvalue weighted by molar-refractivity contribution is 6.01. The Hall–Kier alpha value is -7.87. The van der Waals surface area contributed by atoms with Crippen LogP contribution in [0.25, 0.3) is 43.6 Å². The van der Waals surface area contributed by atoms with Gasteiger partial charge < -0.3 is 14.0 Å². The van der Waals surface area contributed by atoms with Crippen molar-refractivity contribution in [3.8, 4) is 129 Å². The first-order chi connectivity index (χ1) is 23.3. The van der Waals surface area contributed by atoms with Gasteiger partial charge in [-0.25, -0.2) is 0 Å². The molecule has 244 valence electrons. The third-order valence-electron chi connectivity index (χ3n) is 5.67. The third kappa shape index (κ3) is 11.7. The van der Waals surface area contributed by atoms with Crippen LogP contribution >= 0.6 is 0 Å². The molecule has 0 saturated carbocycles. The molecular formula is C38H38N6O4. The standard InChI is InChI=1S/C19H19N3O2.C19H4.HN3.O2.7H2/c1-9-8-20-16-7-14(18-10(2)21-23-12(18)4)6-15(17(9)16)19-11(3)22-24-13(19)5;1-3-5-7-9-11-13-15-17-19-18-16-14-12-10-8-6-4-2;1-3-2;1-2;;;;;;;/h6-8,20H,1-5H3;1H,2H3;1H;;7*1H. The number of aromatic amines is 1. The Bertz CT molecular complexity index is 2380. The fourth-order valence-electron chi connectivity index (χ4n) is 4.05. The number of nitrogens with zero attached hydrogens (tertiary/aromatic N) is 4. The summed E-state index contributed by atoms with van der Waals surface area (Å²) in [5.41, 5.74) is 20.6. The fourth-order valence-corrected chi connectivity index (χ4v) is 4.05. The van der Waals surface area contributed by atoms with Crippen LogP contribution in [0.2, 0.25) is 0 Å². The number of hydrogen-bond acceptors (Lipinski definition) is 7. The number of hydrogen-bond donors (Lipinski definition) is 2. The maximum Gasteiger partial charge on any atom is 0.141 e. The van der Waals surface area contributed by atoms with Gasteiger partial charge in [-0.05, 0) is 176 Å². The van der Waals surface area contributed by atoms with Crippen molar-refractivity contribution in [1.82, 2.24) is 15.3 Å². The molecule has 4 aromatic rings. The largest absolute Gasteiger partial charge is 0.361 e. The fraction of sp³-hybridized carbons (Fsp3) is 0.158. The zero-order valence-corrected chi connectivity index (χ0v) is 26.7. The van der Waals surface area contributed by atoms with Gasteiger partial charge in [0.1, 0.15) is 11.5 Å². The van der Waals surface area contributed by atoms with E-state index in [9.17, 15) is 0 Å². The molecule has 10 nitrogen and oxygen atoms in total. The smallest absolute Gasteiger partial charge is 0.141 e. The van der Waals surface area contributed by atoms with Crippen LogP contribution in [0.3, 0.4) is 0 Å². The average Bonchev–Trinajstić information content (AvgIpc) is 3.74. The van der Waals surface area contributed by atoms with Crippen LogP contribution < -0.4 is 0 Å². The van der Waals surface area contributed by atoms with Crippen molar-refractivity contribution in [2.75, 3.05) is 0 Å². The highest BCUT2D eigenvalue weighted by Gasteiger charge is 2.20. The van der Waals surface area contributed by atoms with Gasteiger partial charge in [0.05, 0.1) is 11.4 Å². The van der Waals surface area contributed by atoms with Crippen LogP contribution in [-0.4, -0.2) is 15.3 Å². The Morgan fingerprint density at radius 1 is 0.750 bits per heavy atom. The zero-order chi connectivity index (χ0) is 35.7. The number of nitrogens with one attached hydrogen (secondary N) is 2. The van der Waals surface area contributed by atoms with E-state index >= 15 is 0 Å². The summed E-state index contributed by atoms with van der Waals surface area (Å²) in [4.78, 5) is 19.1. The minimum atomic E-state index is 0. The minimum absolute atomic E-state index is 0. The van der Waals surface area contributed by atoms with Gasteiger partial charge in [0, 0.05) is 48.1 Å². The average molecular weight is 643 g/mol. The van der Waals surface area contributed by atoms with Crippen molar-refractivity contribution in [1.29, 1.82) is 5.53 Å². The first kappa shape index (κ1) is 38.2. The molecule has 0 aliphatic rings. The van der Waals surface area contributed by atoms with Crippen molar-refractivity contribution < 1.29 is 19.0 Å². The molecule has 0 amide bonds. The maximum absolute atomic E-state index is 7.00. The molecule has 48 heavy (non-hydrogen) atoms. The summed E-state index contributed by atoms with van der Waals surface area (Å²) in [6, 6.07) is 4.33. The van der Waals surface area contributed by atoms with Gasteiger partial charge in [-0.3, -0.25) is 0 Å². The summed E-state index contributed by atoms with van der Waals surface area (Å²) in [6.45, 7) is 11.6. The van der Waals surface area contributed by atoms with E-state index in [1.807, 2.05) is 33.9 Å². The van der Waals surface area contributed by atoms with E-state index in [1.54, 1.807) is 11.8 Å². The number of aryl methyl sites for hydroxylation is 5. The van der Waals surface area contributed by atoms with Gasteiger partial charge in [-0.15, -0.1) is 12.0 Å². The zero-order valence-electron chi connectivity index (χ0n) is 26.7. The van der Waals surface area contributed by atoms with E-state index in [4.69, 9.17) is 36.5 Å². The lowest BCUT2D eigenvalue weighted by molar-refractivity contribution is 0.393. The molecule has 0 bridgehead atoms. The SMILES string of the molecule is C#CC#CC#CC#CC#CC#CC#CC#CC#CC.Cc1noc(C)c1-c1cc(-c2c(C)noc2C)c2c(C)c[nH]c2c1.O=O.[HH].[HH].[HH].[HH].[HH].[HH].[HH].[N-]=[N+]=N. The van der Waals surface area contributed by atoms with E-state index in [0.29, 0.717) is 0 Å². The molecule has 10 heteroatoms. The molecule has 0 spiro atoms. The Labute approximate surface area is 288 Å². The molecule has 0 radical (unpaired) electrons. The van der Waals surface area contributed by atoms with Crippen LogP contribution in [0.1, 0.15) is 45.4 Å². The molecule has 4 rings (SSSR count). The molecule has 3 aromatic heterocycles. The number of terminal acetylenes is 1. The lowest BCUT2D eigenvalue weighted by Gasteiger charge is -2.09. The number of fused-ring (bicyclic) bond motifs is 1. The summed E-state index contributed by atoms with van der Waals surface area (Å²) in [7, 11) is 0. The minimum Gasteiger partial charge on any atom is -0.361 e. The summed E-state index contributed by atoms with van der Waals surface area (Å²) in [6.07, 6.45) is 6.92. The van der Waals surface area contributed by atoms with Crippen LogP contribution in [0, 0.1) is 157 Å².